The summed E-state index contributed by atoms with van der Waals surface area (Å²) in [4.78, 5) is 4.53. The zero-order valence-corrected chi connectivity index (χ0v) is 13.6. The first-order chi connectivity index (χ1) is 10.2. The Balaban J connectivity index is 2.08. The van der Waals surface area contributed by atoms with Crippen LogP contribution in [0.2, 0.25) is 0 Å². The number of aromatic nitrogens is 1. The molecule has 4 heteroatoms. The molecule has 0 aliphatic carbocycles. The highest BCUT2D eigenvalue weighted by Crippen LogP contribution is 2.31. The second kappa shape index (κ2) is 6.00. The van der Waals surface area contributed by atoms with Gasteiger partial charge in [-0.2, -0.15) is 0 Å². The van der Waals surface area contributed by atoms with E-state index in [1.165, 1.54) is 0 Å². The van der Waals surface area contributed by atoms with Crippen molar-refractivity contribution < 1.29 is 4.42 Å². The van der Waals surface area contributed by atoms with Crippen LogP contribution in [0.4, 0.5) is 0 Å². The molecule has 0 amide bonds. The van der Waals surface area contributed by atoms with Gasteiger partial charge in [0.05, 0.1) is 11.6 Å². The number of furan rings is 1. The van der Waals surface area contributed by atoms with Gasteiger partial charge in [0.25, 0.3) is 0 Å². The van der Waals surface area contributed by atoms with Gasteiger partial charge in [0.15, 0.2) is 0 Å². The highest BCUT2D eigenvalue weighted by molar-refractivity contribution is 9.10. The van der Waals surface area contributed by atoms with Gasteiger partial charge in [0.1, 0.15) is 11.5 Å². The van der Waals surface area contributed by atoms with Crippen molar-refractivity contribution in [1.82, 2.24) is 10.3 Å². The van der Waals surface area contributed by atoms with E-state index in [-0.39, 0.29) is 6.04 Å². The van der Waals surface area contributed by atoms with Crippen LogP contribution < -0.4 is 5.32 Å². The van der Waals surface area contributed by atoms with Crippen molar-refractivity contribution >= 4 is 26.8 Å². The molecule has 0 aliphatic rings. The summed E-state index contributed by atoms with van der Waals surface area (Å²) in [6.45, 7) is 2.14. The minimum Gasteiger partial charge on any atom is -0.459 e. The molecule has 2 aromatic heterocycles. The maximum atomic E-state index is 6.04. The Kier molecular flexibility index (Phi) is 4.08. The number of hydrogen-bond donors (Lipinski definition) is 1. The first-order valence-electron chi connectivity index (χ1n) is 7.04. The lowest BCUT2D eigenvalue weighted by molar-refractivity contribution is 0.431. The largest absolute Gasteiger partial charge is 0.459 e. The quantitative estimate of drug-likeness (QED) is 0.729. The minimum atomic E-state index is 0.246. The first kappa shape index (κ1) is 14.3. The molecule has 3 nitrogen and oxygen atoms in total. The minimum absolute atomic E-state index is 0.246. The summed E-state index contributed by atoms with van der Waals surface area (Å²) in [5.74, 6) is 1.82. The van der Waals surface area contributed by atoms with E-state index in [9.17, 15) is 0 Å². The molecule has 2 heterocycles. The third-order valence-corrected chi connectivity index (χ3v) is 4.10. The van der Waals surface area contributed by atoms with Gasteiger partial charge in [0.2, 0.25) is 0 Å². The molecule has 0 saturated carbocycles. The molecule has 0 radical (unpaired) electrons. The summed E-state index contributed by atoms with van der Waals surface area (Å²) >= 11 is 3.46. The smallest absolute Gasteiger partial charge is 0.136 e. The highest BCUT2D eigenvalue weighted by atomic mass is 79.9. The molecular weight excluding hydrogens is 328 g/mol. The molecule has 0 saturated heterocycles. The van der Waals surface area contributed by atoms with Crippen LogP contribution in [-0.2, 0) is 0 Å². The molecule has 3 aromatic rings. The predicted molar refractivity (Wildman–Crippen MR) is 89.2 cm³/mol. The number of fused-ring (bicyclic) bond motifs is 1. The number of hydrogen-bond acceptors (Lipinski definition) is 3. The Morgan fingerprint density at radius 1 is 1.29 bits per heavy atom. The Morgan fingerprint density at radius 2 is 2.14 bits per heavy atom. The topological polar surface area (TPSA) is 38.1 Å². The van der Waals surface area contributed by atoms with Crippen LogP contribution in [0.15, 0.2) is 51.5 Å². The van der Waals surface area contributed by atoms with Crippen molar-refractivity contribution in [2.45, 2.75) is 19.4 Å². The van der Waals surface area contributed by atoms with E-state index in [1.807, 2.05) is 37.5 Å². The van der Waals surface area contributed by atoms with Crippen LogP contribution in [0.25, 0.3) is 22.2 Å². The Labute approximate surface area is 132 Å². The van der Waals surface area contributed by atoms with Gasteiger partial charge in [0, 0.05) is 21.6 Å². The number of nitrogens with one attached hydrogen (secondary N) is 1. The fourth-order valence-corrected chi connectivity index (χ4v) is 2.91. The lowest BCUT2D eigenvalue weighted by Gasteiger charge is -2.10. The number of pyridine rings is 1. The molecule has 1 N–H and O–H groups in total. The van der Waals surface area contributed by atoms with E-state index in [0.29, 0.717) is 0 Å². The molecule has 1 unspecified atom stereocenters. The van der Waals surface area contributed by atoms with E-state index in [1.54, 1.807) is 0 Å². The van der Waals surface area contributed by atoms with Gasteiger partial charge < -0.3 is 9.73 Å². The van der Waals surface area contributed by atoms with E-state index in [0.717, 1.165) is 38.9 Å². The Hall–Kier alpha value is -1.65. The van der Waals surface area contributed by atoms with Gasteiger partial charge >= 0.3 is 0 Å². The summed E-state index contributed by atoms with van der Waals surface area (Å²) in [5, 5.41) is 4.36. The Bertz CT molecular complexity index is 762. The van der Waals surface area contributed by atoms with E-state index >= 15 is 0 Å². The number of nitrogens with zero attached hydrogens (tertiary/aromatic N) is 1. The van der Waals surface area contributed by atoms with Gasteiger partial charge in [-0.1, -0.05) is 19.1 Å². The van der Waals surface area contributed by atoms with E-state index < -0.39 is 0 Å². The zero-order chi connectivity index (χ0) is 14.8. The summed E-state index contributed by atoms with van der Waals surface area (Å²) in [6.07, 6.45) is 2.81. The molecule has 1 atom stereocenters. The number of para-hydroxylation sites is 1. The second-order valence-corrected chi connectivity index (χ2v) is 5.90. The third-order valence-electron chi connectivity index (χ3n) is 3.67. The maximum Gasteiger partial charge on any atom is 0.136 e. The average Bonchev–Trinajstić information content (AvgIpc) is 2.97. The summed E-state index contributed by atoms with van der Waals surface area (Å²) in [5.41, 5.74) is 1.98. The van der Waals surface area contributed by atoms with E-state index in [2.05, 4.69) is 45.3 Å². The fourth-order valence-electron chi connectivity index (χ4n) is 2.57. The monoisotopic (exact) mass is 344 g/mol. The Morgan fingerprint density at radius 3 is 2.90 bits per heavy atom. The third kappa shape index (κ3) is 2.74. The molecule has 3 rings (SSSR count). The van der Waals surface area contributed by atoms with Crippen molar-refractivity contribution in [1.29, 1.82) is 0 Å². The van der Waals surface area contributed by atoms with Crippen molar-refractivity contribution in [3.05, 3.63) is 52.8 Å². The summed E-state index contributed by atoms with van der Waals surface area (Å²) in [7, 11) is 1.95. The average molecular weight is 345 g/mol. The number of benzene rings is 1. The van der Waals surface area contributed by atoms with Crippen LogP contribution in [0, 0.1) is 0 Å². The molecule has 1 aromatic carbocycles. The fraction of sp³-hybridized carbons (Fsp3) is 0.235. The van der Waals surface area contributed by atoms with Crippen molar-refractivity contribution in [2.75, 3.05) is 7.05 Å². The normalized spacial score (nSPS) is 12.7. The van der Waals surface area contributed by atoms with Gasteiger partial charge in [-0.05, 0) is 53.7 Å². The highest BCUT2D eigenvalue weighted by Gasteiger charge is 2.14. The molecule has 108 valence electrons. The summed E-state index contributed by atoms with van der Waals surface area (Å²) in [6, 6.07) is 12.5. The lowest BCUT2D eigenvalue weighted by atomic mass is 10.1. The number of halogens is 1. The van der Waals surface area contributed by atoms with Crippen molar-refractivity contribution in [2.24, 2.45) is 0 Å². The lowest BCUT2D eigenvalue weighted by Crippen LogP contribution is -2.14. The van der Waals surface area contributed by atoms with Crippen LogP contribution >= 0.6 is 15.9 Å². The first-order valence-corrected chi connectivity index (χ1v) is 7.84. The standard InChI is InChI=1S/C17H17BrN2O/c1-3-14(19-2)16-8-7-15(21-16)13-6-4-5-11-9-12(18)10-20-17(11)13/h4-10,14,19H,3H2,1-2H3. The van der Waals surface area contributed by atoms with Gasteiger partial charge in [-0.15, -0.1) is 0 Å². The number of rotatable bonds is 4. The molecule has 0 spiro atoms. The summed E-state index contributed by atoms with van der Waals surface area (Å²) < 4.78 is 7.02. The van der Waals surface area contributed by atoms with Gasteiger partial charge in [-0.25, -0.2) is 0 Å². The maximum absolute atomic E-state index is 6.04. The SMILES string of the molecule is CCC(NC)c1ccc(-c2cccc3cc(Br)cnc23)o1. The van der Waals surface area contributed by atoms with Crippen LogP contribution in [0.5, 0.6) is 0 Å². The second-order valence-electron chi connectivity index (χ2n) is 4.98. The molecule has 0 fully saturated rings. The van der Waals surface area contributed by atoms with E-state index in [4.69, 9.17) is 4.42 Å². The molecule has 21 heavy (non-hydrogen) atoms. The van der Waals surface area contributed by atoms with Crippen molar-refractivity contribution in [3.63, 3.8) is 0 Å². The zero-order valence-electron chi connectivity index (χ0n) is 12.1. The van der Waals surface area contributed by atoms with Gasteiger partial charge in [-0.3, -0.25) is 4.98 Å². The van der Waals surface area contributed by atoms with Crippen LogP contribution in [0.1, 0.15) is 25.1 Å². The molecule has 0 bridgehead atoms. The van der Waals surface area contributed by atoms with Crippen molar-refractivity contribution in [3.8, 4) is 11.3 Å². The predicted octanol–water partition coefficient (Wildman–Crippen LogP) is 4.93. The van der Waals surface area contributed by atoms with Crippen LogP contribution in [-0.4, -0.2) is 12.0 Å². The molecular formula is C17H17BrN2O. The van der Waals surface area contributed by atoms with Crippen LogP contribution in [0.3, 0.4) is 0 Å². The molecule has 0 aliphatic heterocycles.